The minimum absolute atomic E-state index is 0.191. The molecule has 178 valence electrons. The van der Waals surface area contributed by atoms with Gasteiger partial charge < -0.3 is 34.0 Å². The van der Waals surface area contributed by atoms with Crippen molar-refractivity contribution in [3.8, 4) is 0 Å². The highest BCUT2D eigenvalue weighted by Gasteiger charge is 2.22. The molecule has 0 aromatic heterocycles. The number of esters is 4. The van der Waals surface area contributed by atoms with E-state index in [9.17, 15) is 29.1 Å². The Kier molecular flexibility index (Phi) is 13.1. The summed E-state index contributed by atoms with van der Waals surface area (Å²) in [4.78, 5) is 57.4. The van der Waals surface area contributed by atoms with Crippen molar-refractivity contribution in [3.63, 3.8) is 0 Å². The summed E-state index contributed by atoms with van der Waals surface area (Å²) >= 11 is 0. The number of hydrogen-bond acceptors (Lipinski definition) is 11. The fraction of sp³-hybridized carbons (Fsp3) is 0.750. The lowest BCUT2D eigenvalue weighted by molar-refractivity contribution is -0.307. The van der Waals surface area contributed by atoms with Gasteiger partial charge in [0, 0.05) is 12.4 Å². The number of rotatable bonds is 14. The van der Waals surface area contributed by atoms with E-state index < -0.39 is 66.8 Å². The largest absolute Gasteiger partial charge is 0.550 e. The monoisotopic (exact) mass is 447 g/mol. The molecule has 0 heterocycles. The van der Waals surface area contributed by atoms with E-state index >= 15 is 0 Å². The standard InChI is InChI=1S/C20H32O11/c1-11(21)6-17(24)29-13(3)8-19(26)31-15(5)10-20(27)30-14(4)9-18(25)28-12(2)7-16(22)23/h11-15,21H,6-10H2,1-5H3,(H,22,23)/p-1/t11-,12-,13-,14-,15-/m1/s1. The van der Waals surface area contributed by atoms with Crippen molar-refractivity contribution in [1.29, 1.82) is 0 Å². The summed E-state index contributed by atoms with van der Waals surface area (Å²) in [6.07, 6.45) is -5.52. The molecule has 0 aliphatic carbocycles. The zero-order chi connectivity index (χ0) is 24.1. The maximum absolute atomic E-state index is 11.9. The average molecular weight is 447 g/mol. The van der Waals surface area contributed by atoms with Crippen molar-refractivity contribution in [2.24, 2.45) is 0 Å². The van der Waals surface area contributed by atoms with E-state index in [0.29, 0.717) is 0 Å². The molecule has 0 bridgehead atoms. The molecule has 0 unspecified atom stereocenters. The third-order valence-electron chi connectivity index (χ3n) is 3.61. The summed E-state index contributed by atoms with van der Waals surface area (Å²) in [7, 11) is 0. The first-order chi connectivity index (χ1) is 14.3. The van der Waals surface area contributed by atoms with Crippen molar-refractivity contribution in [2.75, 3.05) is 0 Å². The minimum Gasteiger partial charge on any atom is -0.550 e. The zero-order valence-corrected chi connectivity index (χ0v) is 18.5. The molecule has 0 aromatic carbocycles. The SMILES string of the molecule is C[C@H](CC(=O)[O-])OC(=O)C[C@@H](C)OC(=O)C[C@@H](C)OC(=O)C[C@@H](C)OC(=O)C[C@@H](C)O. The highest BCUT2D eigenvalue weighted by molar-refractivity contribution is 5.75. The summed E-state index contributed by atoms with van der Waals surface area (Å²) in [5.74, 6) is -4.12. The maximum Gasteiger partial charge on any atom is 0.309 e. The molecule has 5 atom stereocenters. The molecule has 0 saturated heterocycles. The Balaban J connectivity index is 4.24. The van der Waals surface area contributed by atoms with Gasteiger partial charge in [-0.15, -0.1) is 0 Å². The van der Waals surface area contributed by atoms with Crippen LogP contribution in [0, 0.1) is 0 Å². The average Bonchev–Trinajstić information content (AvgIpc) is 2.50. The molecular formula is C20H31O11-. The number of carboxylic acids is 1. The highest BCUT2D eigenvalue weighted by Crippen LogP contribution is 2.09. The number of carbonyl (C=O) groups is 5. The second-order valence-corrected chi connectivity index (χ2v) is 7.44. The van der Waals surface area contributed by atoms with Crippen molar-refractivity contribution in [1.82, 2.24) is 0 Å². The Morgan fingerprint density at radius 1 is 0.581 bits per heavy atom. The Hall–Kier alpha value is -2.69. The summed E-state index contributed by atoms with van der Waals surface area (Å²) in [5.41, 5.74) is 0. The molecule has 0 rings (SSSR count). The minimum atomic E-state index is -1.35. The Morgan fingerprint density at radius 3 is 1.10 bits per heavy atom. The van der Waals surface area contributed by atoms with Gasteiger partial charge in [0.05, 0.1) is 31.8 Å². The quantitative estimate of drug-likeness (QED) is 0.277. The van der Waals surface area contributed by atoms with Gasteiger partial charge in [0.2, 0.25) is 0 Å². The van der Waals surface area contributed by atoms with Crippen LogP contribution in [-0.4, -0.2) is 65.5 Å². The van der Waals surface area contributed by atoms with Gasteiger partial charge in [-0.3, -0.25) is 19.2 Å². The third-order valence-corrected chi connectivity index (χ3v) is 3.61. The molecular weight excluding hydrogens is 416 g/mol. The van der Waals surface area contributed by atoms with Crippen LogP contribution in [0.15, 0.2) is 0 Å². The van der Waals surface area contributed by atoms with Crippen LogP contribution in [0.5, 0.6) is 0 Å². The van der Waals surface area contributed by atoms with Gasteiger partial charge in [-0.25, -0.2) is 0 Å². The van der Waals surface area contributed by atoms with E-state index in [0.717, 1.165) is 0 Å². The van der Waals surface area contributed by atoms with E-state index in [1.165, 1.54) is 34.6 Å². The van der Waals surface area contributed by atoms with Crippen molar-refractivity contribution in [3.05, 3.63) is 0 Å². The summed E-state index contributed by atoms with van der Waals surface area (Å²) in [5, 5.41) is 19.6. The fourth-order valence-corrected chi connectivity index (χ4v) is 2.44. The van der Waals surface area contributed by atoms with Gasteiger partial charge >= 0.3 is 23.9 Å². The topological polar surface area (TPSA) is 166 Å². The van der Waals surface area contributed by atoms with Gasteiger partial charge in [-0.1, -0.05) is 0 Å². The summed E-state index contributed by atoms with van der Waals surface area (Å²) in [6, 6.07) is 0. The van der Waals surface area contributed by atoms with Gasteiger partial charge in [0.1, 0.15) is 24.4 Å². The van der Waals surface area contributed by atoms with Crippen LogP contribution in [0.1, 0.15) is 66.7 Å². The molecule has 0 aliphatic rings. The number of carbonyl (C=O) groups excluding carboxylic acids is 5. The smallest absolute Gasteiger partial charge is 0.309 e. The van der Waals surface area contributed by atoms with Gasteiger partial charge in [0.15, 0.2) is 0 Å². The van der Waals surface area contributed by atoms with E-state index in [-0.39, 0.29) is 25.7 Å². The molecule has 0 spiro atoms. The molecule has 0 amide bonds. The third kappa shape index (κ3) is 15.8. The van der Waals surface area contributed by atoms with E-state index in [2.05, 4.69) is 0 Å². The lowest BCUT2D eigenvalue weighted by atomic mass is 10.2. The second kappa shape index (κ2) is 14.3. The van der Waals surface area contributed by atoms with Crippen LogP contribution in [0.25, 0.3) is 0 Å². The molecule has 0 fully saturated rings. The first-order valence-electron chi connectivity index (χ1n) is 9.94. The van der Waals surface area contributed by atoms with Crippen LogP contribution < -0.4 is 5.11 Å². The number of ether oxygens (including phenoxy) is 4. The summed E-state index contributed by atoms with van der Waals surface area (Å²) in [6.45, 7) is 7.26. The molecule has 0 radical (unpaired) electrons. The molecule has 0 aliphatic heterocycles. The lowest BCUT2D eigenvalue weighted by Crippen LogP contribution is -2.30. The molecule has 11 heteroatoms. The Morgan fingerprint density at radius 2 is 0.839 bits per heavy atom. The van der Waals surface area contributed by atoms with Crippen molar-refractivity contribution < 1.29 is 53.1 Å². The predicted molar refractivity (Wildman–Crippen MR) is 102 cm³/mol. The second-order valence-electron chi connectivity index (χ2n) is 7.44. The van der Waals surface area contributed by atoms with Crippen LogP contribution in [-0.2, 0) is 42.9 Å². The van der Waals surface area contributed by atoms with Crippen LogP contribution in [0.2, 0.25) is 0 Å². The normalized spacial score (nSPS) is 15.5. The molecule has 31 heavy (non-hydrogen) atoms. The van der Waals surface area contributed by atoms with E-state index in [1.807, 2.05) is 0 Å². The molecule has 0 saturated carbocycles. The first-order valence-corrected chi connectivity index (χ1v) is 9.94. The van der Waals surface area contributed by atoms with E-state index in [4.69, 9.17) is 24.1 Å². The number of hydrogen-bond donors (Lipinski definition) is 1. The summed E-state index contributed by atoms with van der Waals surface area (Å²) < 4.78 is 20.0. The lowest BCUT2D eigenvalue weighted by Gasteiger charge is -2.18. The maximum atomic E-state index is 11.9. The molecule has 0 aromatic rings. The first kappa shape index (κ1) is 28.3. The fourth-order valence-electron chi connectivity index (χ4n) is 2.44. The van der Waals surface area contributed by atoms with E-state index in [1.54, 1.807) is 0 Å². The van der Waals surface area contributed by atoms with Crippen LogP contribution >= 0.6 is 0 Å². The van der Waals surface area contributed by atoms with Gasteiger partial charge in [-0.2, -0.15) is 0 Å². The van der Waals surface area contributed by atoms with Crippen molar-refractivity contribution >= 4 is 29.8 Å². The van der Waals surface area contributed by atoms with Gasteiger partial charge in [-0.05, 0) is 34.6 Å². The molecule has 1 N–H and O–H groups in total. The van der Waals surface area contributed by atoms with Crippen LogP contribution in [0.3, 0.4) is 0 Å². The Labute approximate surface area is 181 Å². The van der Waals surface area contributed by atoms with Gasteiger partial charge in [0.25, 0.3) is 0 Å². The Bertz CT molecular complexity index is 629. The van der Waals surface area contributed by atoms with Crippen LogP contribution in [0.4, 0.5) is 0 Å². The van der Waals surface area contributed by atoms with Crippen molar-refractivity contribution in [2.45, 2.75) is 97.2 Å². The number of aliphatic carboxylic acids is 1. The zero-order valence-electron chi connectivity index (χ0n) is 18.5. The highest BCUT2D eigenvalue weighted by atomic mass is 16.6. The number of aliphatic hydroxyl groups excluding tert-OH is 1. The number of aliphatic hydroxyl groups is 1. The molecule has 11 nitrogen and oxygen atoms in total. The predicted octanol–water partition coefficient (Wildman–Crippen LogP) is -0.206. The number of carboxylic acid groups (broad SMARTS) is 1.